The van der Waals surface area contributed by atoms with Crippen molar-refractivity contribution in [1.29, 1.82) is 0 Å². The Morgan fingerprint density at radius 1 is 1.07 bits per heavy atom. The molecule has 11 heteroatoms. The number of primary amides is 1. The topological polar surface area (TPSA) is 137 Å². The van der Waals surface area contributed by atoms with Gasteiger partial charge in [-0.25, -0.2) is 8.42 Å². The van der Waals surface area contributed by atoms with Gasteiger partial charge in [-0.1, -0.05) is 11.6 Å². The van der Waals surface area contributed by atoms with E-state index in [4.69, 9.17) is 26.8 Å². The second kappa shape index (κ2) is 10.3. The van der Waals surface area contributed by atoms with Crippen molar-refractivity contribution in [3.8, 4) is 11.5 Å². The van der Waals surface area contributed by atoms with Gasteiger partial charge in [-0.05, 0) is 42.8 Å². The molecule has 0 saturated carbocycles. The highest BCUT2D eigenvalue weighted by molar-refractivity contribution is 7.89. The Morgan fingerprint density at radius 2 is 1.70 bits per heavy atom. The highest BCUT2D eigenvalue weighted by Gasteiger charge is 2.26. The molecule has 0 spiro atoms. The Hall–Kier alpha value is -2.82. The fourth-order valence-electron chi connectivity index (χ4n) is 2.54. The predicted molar refractivity (Wildman–Crippen MR) is 112 cm³/mol. The van der Waals surface area contributed by atoms with Crippen molar-refractivity contribution >= 4 is 39.1 Å². The number of carbonyl (C=O) groups is 2. The van der Waals surface area contributed by atoms with Gasteiger partial charge < -0.3 is 20.5 Å². The fourth-order valence-corrected chi connectivity index (χ4v) is 3.90. The molecule has 0 bridgehead atoms. The van der Waals surface area contributed by atoms with Crippen LogP contribution >= 0.6 is 11.6 Å². The molecule has 30 heavy (non-hydrogen) atoms. The number of nitrogens with one attached hydrogen (secondary N) is 2. The third-order valence-electron chi connectivity index (χ3n) is 4.07. The quantitative estimate of drug-likeness (QED) is 0.500. The van der Waals surface area contributed by atoms with Gasteiger partial charge in [0.1, 0.15) is 6.04 Å². The molecule has 0 heterocycles. The molecule has 4 N–H and O–H groups in total. The first-order valence-electron chi connectivity index (χ1n) is 8.75. The van der Waals surface area contributed by atoms with Crippen LogP contribution in [-0.2, 0) is 19.6 Å². The zero-order valence-corrected chi connectivity index (χ0v) is 17.9. The van der Waals surface area contributed by atoms with Gasteiger partial charge in [0.2, 0.25) is 21.8 Å². The summed E-state index contributed by atoms with van der Waals surface area (Å²) in [5, 5.41) is 2.97. The Kier molecular flexibility index (Phi) is 8.04. The Balaban J connectivity index is 2.24. The number of amides is 2. The number of hydrogen-bond acceptors (Lipinski definition) is 6. The molecule has 2 rings (SSSR count). The highest BCUT2D eigenvalue weighted by atomic mass is 35.5. The first-order chi connectivity index (χ1) is 14.2. The predicted octanol–water partition coefficient (Wildman–Crippen LogP) is 1.91. The monoisotopic (exact) mass is 455 g/mol. The van der Waals surface area contributed by atoms with E-state index in [1.165, 1.54) is 44.6 Å². The minimum absolute atomic E-state index is 0.0742. The number of hydrogen-bond donors (Lipinski definition) is 3. The normalized spacial score (nSPS) is 12.1. The number of nitrogens with two attached hydrogens (primary N) is 1. The molecule has 0 aliphatic heterocycles. The van der Waals surface area contributed by atoms with Gasteiger partial charge in [0.05, 0.1) is 19.1 Å². The maximum absolute atomic E-state index is 12.8. The largest absolute Gasteiger partial charge is 0.493 e. The summed E-state index contributed by atoms with van der Waals surface area (Å²) < 4.78 is 37.9. The molecule has 0 fully saturated rings. The summed E-state index contributed by atoms with van der Waals surface area (Å²) in [5.41, 5.74) is 5.52. The second-order valence-corrected chi connectivity index (χ2v) is 8.34. The van der Waals surface area contributed by atoms with Crippen LogP contribution in [0.1, 0.15) is 12.8 Å². The van der Waals surface area contributed by atoms with Crippen LogP contribution in [0.3, 0.4) is 0 Å². The van der Waals surface area contributed by atoms with Crippen LogP contribution in [-0.4, -0.2) is 40.5 Å². The average Bonchev–Trinajstić information content (AvgIpc) is 2.71. The third kappa shape index (κ3) is 6.34. The number of benzene rings is 2. The lowest BCUT2D eigenvalue weighted by atomic mass is 10.1. The van der Waals surface area contributed by atoms with Crippen LogP contribution in [0, 0.1) is 0 Å². The molecule has 0 aliphatic carbocycles. The lowest BCUT2D eigenvalue weighted by Gasteiger charge is -2.19. The highest BCUT2D eigenvalue weighted by Crippen LogP contribution is 2.29. The van der Waals surface area contributed by atoms with Gasteiger partial charge in [-0.3, -0.25) is 9.59 Å². The first-order valence-corrected chi connectivity index (χ1v) is 10.6. The van der Waals surface area contributed by atoms with Crippen LogP contribution in [0.25, 0.3) is 0 Å². The second-order valence-electron chi connectivity index (χ2n) is 6.19. The van der Waals surface area contributed by atoms with E-state index in [9.17, 15) is 18.0 Å². The summed E-state index contributed by atoms with van der Waals surface area (Å²) in [6.07, 6.45) is -0.311. The van der Waals surface area contributed by atoms with Crippen LogP contribution in [0.5, 0.6) is 11.5 Å². The van der Waals surface area contributed by atoms with Crippen molar-refractivity contribution in [3.63, 3.8) is 0 Å². The number of halogens is 1. The van der Waals surface area contributed by atoms with Gasteiger partial charge in [0, 0.05) is 23.2 Å². The van der Waals surface area contributed by atoms with Gasteiger partial charge in [-0.15, -0.1) is 0 Å². The zero-order valence-electron chi connectivity index (χ0n) is 16.3. The van der Waals surface area contributed by atoms with Crippen molar-refractivity contribution in [2.75, 3.05) is 19.5 Å². The van der Waals surface area contributed by atoms with Crippen LogP contribution in [0.15, 0.2) is 47.4 Å². The van der Waals surface area contributed by atoms with Crippen LogP contribution in [0.2, 0.25) is 5.02 Å². The molecular formula is C19H22ClN3O6S. The average molecular weight is 456 g/mol. The summed E-state index contributed by atoms with van der Waals surface area (Å²) in [7, 11) is -1.13. The van der Waals surface area contributed by atoms with E-state index in [0.717, 1.165) is 0 Å². The van der Waals surface area contributed by atoms with Gasteiger partial charge in [0.15, 0.2) is 11.5 Å². The molecule has 0 aliphatic rings. The van der Waals surface area contributed by atoms with Gasteiger partial charge in [-0.2, -0.15) is 4.72 Å². The number of carbonyl (C=O) groups excluding carboxylic acids is 2. The molecule has 0 unspecified atom stereocenters. The maximum Gasteiger partial charge on any atom is 0.242 e. The lowest BCUT2D eigenvalue weighted by molar-refractivity contribution is -0.119. The van der Waals surface area contributed by atoms with E-state index >= 15 is 0 Å². The number of rotatable bonds is 10. The van der Waals surface area contributed by atoms with Crippen molar-refractivity contribution in [1.82, 2.24) is 4.72 Å². The Morgan fingerprint density at radius 3 is 2.27 bits per heavy atom. The van der Waals surface area contributed by atoms with Crippen molar-refractivity contribution in [2.45, 2.75) is 23.8 Å². The molecule has 1 atom stereocenters. The summed E-state index contributed by atoms with van der Waals surface area (Å²) >= 11 is 5.79. The van der Waals surface area contributed by atoms with Crippen LogP contribution < -0.4 is 25.2 Å². The molecule has 9 nitrogen and oxygen atoms in total. The molecular weight excluding hydrogens is 434 g/mol. The molecule has 0 saturated heterocycles. The SMILES string of the molecule is COc1ccc(NC(=O)[C@H](CCC(N)=O)NS(=O)(=O)c2ccc(Cl)cc2)cc1OC. The van der Waals surface area contributed by atoms with Crippen LogP contribution in [0.4, 0.5) is 5.69 Å². The van der Waals surface area contributed by atoms with Gasteiger partial charge >= 0.3 is 0 Å². The number of anilines is 1. The van der Waals surface area contributed by atoms with Crippen molar-refractivity contribution < 1.29 is 27.5 Å². The van der Waals surface area contributed by atoms with Crippen molar-refractivity contribution in [3.05, 3.63) is 47.5 Å². The maximum atomic E-state index is 12.8. The summed E-state index contributed by atoms with van der Waals surface area (Å²) in [5.74, 6) is -0.486. The van der Waals surface area contributed by atoms with E-state index in [1.807, 2.05) is 0 Å². The molecule has 2 aromatic carbocycles. The number of methoxy groups -OCH3 is 2. The van der Waals surface area contributed by atoms with E-state index in [2.05, 4.69) is 10.0 Å². The van der Waals surface area contributed by atoms with E-state index < -0.39 is 27.9 Å². The van der Waals surface area contributed by atoms with E-state index in [1.54, 1.807) is 12.1 Å². The Bertz CT molecular complexity index is 1010. The summed E-state index contributed by atoms with van der Waals surface area (Å²) in [6, 6.07) is 8.88. The van der Waals surface area contributed by atoms with E-state index in [0.29, 0.717) is 22.2 Å². The van der Waals surface area contributed by atoms with Gasteiger partial charge in [0.25, 0.3) is 0 Å². The molecule has 162 valence electrons. The first kappa shape index (κ1) is 23.5. The lowest BCUT2D eigenvalue weighted by Crippen LogP contribution is -2.44. The number of sulfonamides is 1. The minimum atomic E-state index is -4.05. The third-order valence-corrected chi connectivity index (χ3v) is 5.81. The summed E-state index contributed by atoms with van der Waals surface area (Å²) in [6.45, 7) is 0. The van der Waals surface area contributed by atoms with Crippen molar-refractivity contribution in [2.24, 2.45) is 5.73 Å². The van der Waals surface area contributed by atoms with E-state index in [-0.39, 0.29) is 17.7 Å². The zero-order chi connectivity index (χ0) is 22.3. The smallest absolute Gasteiger partial charge is 0.242 e. The molecule has 2 amide bonds. The fraction of sp³-hybridized carbons (Fsp3) is 0.263. The molecule has 0 radical (unpaired) electrons. The minimum Gasteiger partial charge on any atom is -0.493 e. The molecule has 2 aromatic rings. The number of ether oxygens (including phenoxy) is 2. The standard InChI is InChI=1S/C19H22ClN3O6S/c1-28-16-9-5-13(11-17(16)29-2)22-19(25)15(8-10-18(21)24)23-30(26,27)14-6-3-12(20)4-7-14/h3-7,9,11,15,23H,8,10H2,1-2H3,(H2,21,24)(H,22,25)/t15-/m0/s1. The summed E-state index contributed by atoms with van der Waals surface area (Å²) in [4.78, 5) is 23.9. The molecule has 0 aromatic heterocycles. The Labute approximate surface area is 179 Å².